The highest BCUT2D eigenvalue weighted by molar-refractivity contribution is 7.89. The van der Waals surface area contributed by atoms with Gasteiger partial charge in [-0.1, -0.05) is 25.4 Å². The van der Waals surface area contributed by atoms with E-state index >= 15 is 0 Å². The summed E-state index contributed by atoms with van der Waals surface area (Å²) in [6, 6.07) is 3.76. The number of hydrogen-bond acceptors (Lipinski definition) is 4. The molecule has 2 N–H and O–H groups in total. The zero-order valence-electron chi connectivity index (χ0n) is 11.4. The van der Waals surface area contributed by atoms with Gasteiger partial charge in [0.15, 0.2) is 5.82 Å². The molecule has 9 heteroatoms. The van der Waals surface area contributed by atoms with Crippen LogP contribution in [0.4, 0.5) is 4.39 Å². The number of halogens is 2. The average Bonchev–Trinajstić information content (AvgIpc) is 2.71. The Bertz CT molecular complexity index is 774. The molecule has 21 heavy (non-hydrogen) atoms. The van der Waals surface area contributed by atoms with E-state index in [9.17, 15) is 12.8 Å². The Balaban J connectivity index is 2.66. The van der Waals surface area contributed by atoms with Crippen molar-refractivity contribution >= 4 is 21.6 Å². The molecule has 114 valence electrons. The fourth-order valence-electron chi connectivity index (χ4n) is 1.90. The Morgan fingerprint density at radius 2 is 2.05 bits per heavy atom. The molecule has 1 aromatic heterocycles. The number of hydrogen-bond donors (Lipinski definition) is 1. The van der Waals surface area contributed by atoms with Gasteiger partial charge in [-0.05, 0) is 24.1 Å². The topological polar surface area (TPSA) is 90.9 Å². The smallest absolute Gasteiger partial charge is 0.273 e. The summed E-state index contributed by atoms with van der Waals surface area (Å²) in [5.74, 6) is -0.137. The molecular weight excluding hydrogens is 319 g/mol. The fourth-order valence-corrected chi connectivity index (χ4v) is 2.77. The third kappa shape index (κ3) is 3.39. The van der Waals surface area contributed by atoms with Gasteiger partial charge in [0.05, 0.1) is 5.02 Å². The molecule has 6 nitrogen and oxygen atoms in total. The second-order valence-corrected chi connectivity index (χ2v) is 6.84. The summed E-state index contributed by atoms with van der Waals surface area (Å²) >= 11 is 5.99. The molecule has 0 saturated carbocycles. The van der Waals surface area contributed by atoms with Crippen LogP contribution in [0.2, 0.25) is 5.02 Å². The lowest BCUT2D eigenvalue weighted by Gasteiger charge is -2.12. The van der Waals surface area contributed by atoms with E-state index in [4.69, 9.17) is 16.7 Å². The predicted molar refractivity (Wildman–Crippen MR) is 76.6 cm³/mol. The van der Waals surface area contributed by atoms with Crippen LogP contribution in [0.1, 0.15) is 13.8 Å². The molecule has 0 aliphatic carbocycles. The van der Waals surface area contributed by atoms with Crippen molar-refractivity contribution in [3.05, 3.63) is 29.0 Å². The van der Waals surface area contributed by atoms with E-state index in [2.05, 4.69) is 10.2 Å². The fraction of sp³-hybridized carbons (Fsp3) is 0.333. The SMILES string of the molecule is CC(C)Cn1c(-c2ccc(F)cc2Cl)nnc1S(N)(=O)=O. The molecule has 0 atom stereocenters. The molecular formula is C12H14ClFN4O2S. The minimum atomic E-state index is -4.02. The van der Waals surface area contributed by atoms with Crippen LogP contribution in [0.25, 0.3) is 11.4 Å². The minimum Gasteiger partial charge on any atom is -0.296 e. The van der Waals surface area contributed by atoms with Gasteiger partial charge in [-0.2, -0.15) is 0 Å². The van der Waals surface area contributed by atoms with Crippen molar-refractivity contribution in [1.82, 2.24) is 14.8 Å². The first kappa shape index (κ1) is 15.9. The van der Waals surface area contributed by atoms with Crippen molar-refractivity contribution in [1.29, 1.82) is 0 Å². The molecule has 0 spiro atoms. The molecule has 2 aromatic rings. The van der Waals surface area contributed by atoms with E-state index in [0.717, 1.165) is 6.07 Å². The van der Waals surface area contributed by atoms with Gasteiger partial charge in [0.25, 0.3) is 15.2 Å². The van der Waals surface area contributed by atoms with E-state index in [1.165, 1.54) is 16.7 Å². The minimum absolute atomic E-state index is 0.119. The summed E-state index contributed by atoms with van der Waals surface area (Å²) in [5.41, 5.74) is 0.390. The Morgan fingerprint density at radius 1 is 1.38 bits per heavy atom. The molecule has 0 unspecified atom stereocenters. The van der Waals surface area contributed by atoms with Gasteiger partial charge in [0.1, 0.15) is 5.82 Å². The van der Waals surface area contributed by atoms with Crippen LogP contribution in [0.5, 0.6) is 0 Å². The monoisotopic (exact) mass is 332 g/mol. The predicted octanol–water partition coefficient (Wildman–Crippen LogP) is 2.04. The first-order valence-electron chi connectivity index (χ1n) is 6.11. The number of benzene rings is 1. The summed E-state index contributed by atoms with van der Waals surface area (Å²) in [6.07, 6.45) is 0. The number of sulfonamides is 1. The van der Waals surface area contributed by atoms with Gasteiger partial charge >= 0.3 is 0 Å². The number of nitrogens with zero attached hydrogens (tertiary/aromatic N) is 3. The molecule has 1 aromatic carbocycles. The maximum Gasteiger partial charge on any atom is 0.273 e. The third-order valence-electron chi connectivity index (χ3n) is 2.69. The number of rotatable bonds is 4. The van der Waals surface area contributed by atoms with Crippen LogP contribution in [-0.2, 0) is 16.6 Å². The second kappa shape index (κ2) is 5.70. The summed E-state index contributed by atoms with van der Waals surface area (Å²) in [5, 5.41) is 12.4. The summed E-state index contributed by atoms with van der Waals surface area (Å²) in [6.45, 7) is 4.15. The lowest BCUT2D eigenvalue weighted by atomic mass is 10.2. The van der Waals surface area contributed by atoms with Gasteiger partial charge in [0.2, 0.25) is 0 Å². The Labute approximate surface area is 126 Å². The Kier molecular flexibility index (Phi) is 4.31. The standard InChI is InChI=1S/C12H14ClFN4O2S/c1-7(2)6-18-11(16-17-12(18)21(15,19)20)9-4-3-8(14)5-10(9)13/h3-5,7H,6H2,1-2H3,(H2,15,19,20). The van der Waals surface area contributed by atoms with E-state index in [-0.39, 0.29) is 21.9 Å². The highest BCUT2D eigenvalue weighted by Gasteiger charge is 2.23. The van der Waals surface area contributed by atoms with Crippen molar-refractivity contribution in [2.24, 2.45) is 11.1 Å². The number of nitrogens with two attached hydrogens (primary N) is 1. The zero-order valence-corrected chi connectivity index (χ0v) is 13.0. The highest BCUT2D eigenvalue weighted by Crippen LogP contribution is 2.29. The molecule has 0 aliphatic heterocycles. The number of primary sulfonamides is 1. The lowest BCUT2D eigenvalue weighted by molar-refractivity contribution is 0.486. The van der Waals surface area contributed by atoms with Crippen LogP contribution < -0.4 is 5.14 Å². The molecule has 2 rings (SSSR count). The first-order valence-corrected chi connectivity index (χ1v) is 8.04. The molecule has 0 saturated heterocycles. The zero-order chi connectivity index (χ0) is 15.8. The van der Waals surface area contributed by atoms with E-state index in [1.54, 1.807) is 0 Å². The second-order valence-electron chi connectivity index (χ2n) is 4.98. The normalized spacial score (nSPS) is 12.1. The average molecular weight is 333 g/mol. The van der Waals surface area contributed by atoms with Gasteiger partial charge in [-0.15, -0.1) is 10.2 Å². The number of aromatic nitrogens is 3. The Morgan fingerprint density at radius 3 is 2.57 bits per heavy atom. The van der Waals surface area contributed by atoms with Gasteiger partial charge in [-0.25, -0.2) is 17.9 Å². The summed E-state index contributed by atoms with van der Waals surface area (Å²) in [7, 11) is -4.02. The van der Waals surface area contributed by atoms with Gasteiger partial charge in [-0.3, -0.25) is 4.57 Å². The maximum atomic E-state index is 13.1. The summed E-state index contributed by atoms with van der Waals surface area (Å²) in [4.78, 5) is 0. The van der Waals surface area contributed by atoms with Gasteiger partial charge < -0.3 is 0 Å². The molecule has 0 amide bonds. The van der Waals surface area contributed by atoms with Crippen LogP contribution in [-0.4, -0.2) is 23.2 Å². The van der Waals surface area contributed by atoms with Crippen LogP contribution in [0.3, 0.4) is 0 Å². The molecule has 0 fully saturated rings. The van der Waals surface area contributed by atoms with Crippen molar-refractivity contribution < 1.29 is 12.8 Å². The first-order chi connectivity index (χ1) is 9.70. The van der Waals surface area contributed by atoms with E-state index in [0.29, 0.717) is 12.1 Å². The van der Waals surface area contributed by atoms with Crippen LogP contribution >= 0.6 is 11.6 Å². The van der Waals surface area contributed by atoms with Gasteiger partial charge in [0, 0.05) is 12.1 Å². The van der Waals surface area contributed by atoms with Crippen molar-refractivity contribution in [3.8, 4) is 11.4 Å². The van der Waals surface area contributed by atoms with Crippen molar-refractivity contribution in [2.45, 2.75) is 25.5 Å². The molecule has 1 heterocycles. The van der Waals surface area contributed by atoms with Crippen LogP contribution in [0, 0.1) is 11.7 Å². The van der Waals surface area contributed by atoms with Crippen molar-refractivity contribution in [3.63, 3.8) is 0 Å². The quantitative estimate of drug-likeness (QED) is 0.927. The third-order valence-corrected chi connectivity index (χ3v) is 3.81. The molecule has 0 aliphatic rings. The lowest BCUT2D eigenvalue weighted by Crippen LogP contribution is -2.20. The molecule has 0 radical (unpaired) electrons. The van der Waals surface area contributed by atoms with E-state index in [1.807, 2.05) is 13.8 Å². The largest absolute Gasteiger partial charge is 0.296 e. The summed E-state index contributed by atoms with van der Waals surface area (Å²) < 4.78 is 37.7. The van der Waals surface area contributed by atoms with E-state index < -0.39 is 15.8 Å². The van der Waals surface area contributed by atoms with Crippen molar-refractivity contribution in [2.75, 3.05) is 0 Å². The van der Waals surface area contributed by atoms with Crippen LogP contribution in [0.15, 0.2) is 23.4 Å². The highest BCUT2D eigenvalue weighted by atomic mass is 35.5. The maximum absolute atomic E-state index is 13.1. The molecule has 0 bridgehead atoms. The Hall–Kier alpha value is -1.51.